The summed E-state index contributed by atoms with van der Waals surface area (Å²) in [5.41, 5.74) is -0.227. The Bertz CT molecular complexity index is 1320. The number of aliphatic carboxylic acids is 1. The van der Waals surface area contributed by atoms with Gasteiger partial charge in [-0.2, -0.15) is 17.5 Å². The lowest BCUT2D eigenvalue weighted by molar-refractivity contribution is -0.139. The van der Waals surface area contributed by atoms with Crippen LogP contribution in [0.25, 0.3) is 11.1 Å². The van der Waals surface area contributed by atoms with Gasteiger partial charge in [0.05, 0.1) is 10.5 Å². The van der Waals surface area contributed by atoms with Gasteiger partial charge >= 0.3 is 12.1 Å². The van der Waals surface area contributed by atoms with Crippen LogP contribution in [0.5, 0.6) is 5.75 Å². The molecule has 0 aliphatic carbocycles. The second-order valence-electron chi connectivity index (χ2n) is 7.67. The van der Waals surface area contributed by atoms with E-state index >= 15 is 0 Å². The van der Waals surface area contributed by atoms with Crippen molar-refractivity contribution in [3.8, 4) is 16.9 Å². The first kappa shape index (κ1) is 26.2. The van der Waals surface area contributed by atoms with Crippen LogP contribution >= 0.6 is 0 Å². The van der Waals surface area contributed by atoms with Crippen LogP contribution in [0.15, 0.2) is 71.6 Å². The van der Waals surface area contributed by atoms with Crippen LogP contribution in [0.1, 0.15) is 24.1 Å². The molecule has 6 nitrogen and oxygen atoms in total. The number of sulfonamides is 1. The SMILES string of the molecule is CC(c1ccc(OCC(=O)O)c(-c2cccc(C(F)(F)F)c2)c1)N(C)S(=O)(=O)c1ccc(F)cc1. The summed E-state index contributed by atoms with van der Waals surface area (Å²) >= 11 is 0. The van der Waals surface area contributed by atoms with E-state index in [2.05, 4.69) is 0 Å². The second-order valence-corrected chi connectivity index (χ2v) is 9.67. The summed E-state index contributed by atoms with van der Waals surface area (Å²) < 4.78 is 85.3. The monoisotopic (exact) mass is 511 g/mol. The molecule has 3 aromatic rings. The van der Waals surface area contributed by atoms with Crippen molar-refractivity contribution in [3.05, 3.63) is 83.7 Å². The van der Waals surface area contributed by atoms with Crippen molar-refractivity contribution in [1.29, 1.82) is 0 Å². The summed E-state index contributed by atoms with van der Waals surface area (Å²) in [6.45, 7) is 0.851. The number of rotatable bonds is 8. The average Bonchev–Trinajstić information content (AvgIpc) is 2.81. The smallest absolute Gasteiger partial charge is 0.416 e. The van der Waals surface area contributed by atoms with Gasteiger partial charge in [-0.15, -0.1) is 0 Å². The molecule has 0 bridgehead atoms. The maximum absolute atomic E-state index is 13.3. The molecule has 0 saturated heterocycles. The molecule has 35 heavy (non-hydrogen) atoms. The predicted octanol–water partition coefficient (Wildman–Crippen LogP) is 5.36. The van der Waals surface area contributed by atoms with Crippen LogP contribution in [-0.4, -0.2) is 37.5 Å². The topological polar surface area (TPSA) is 83.9 Å². The van der Waals surface area contributed by atoms with Crippen LogP contribution in [0.3, 0.4) is 0 Å². The normalized spacial score (nSPS) is 13.0. The number of alkyl halides is 3. The van der Waals surface area contributed by atoms with Gasteiger partial charge in [0.25, 0.3) is 0 Å². The maximum atomic E-state index is 13.3. The predicted molar refractivity (Wildman–Crippen MR) is 120 cm³/mol. The standard InChI is InChI=1S/C24H21F4NO5S/c1-15(29(2)35(32,33)20-9-7-19(25)8-10-20)16-6-11-22(34-14-23(30)31)21(13-16)17-4-3-5-18(12-17)24(26,27)28/h3-13,15H,14H2,1-2H3,(H,30,31). The van der Waals surface area contributed by atoms with Gasteiger partial charge < -0.3 is 9.84 Å². The molecule has 1 atom stereocenters. The molecule has 0 aromatic heterocycles. The highest BCUT2D eigenvalue weighted by Gasteiger charge is 2.31. The quantitative estimate of drug-likeness (QED) is 0.412. The number of carboxylic acid groups (broad SMARTS) is 1. The van der Waals surface area contributed by atoms with Gasteiger partial charge in [-0.25, -0.2) is 17.6 Å². The minimum Gasteiger partial charge on any atom is -0.481 e. The molecule has 0 heterocycles. The van der Waals surface area contributed by atoms with Crippen LogP contribution in [0, 0.1) is 5.82 Å². The molecule has 3 rings (SSSR count). The molecular weight excluding hydrogens is 490 g/mol. The van der Waals surface area contributed by atoms with Gasteiger partial charge in [0.2, 0.25) is 10.0 Å². The fraction of sp³-hybridized carbons (Fsp3) is 0.208. The minimum absolute atomic E-state index is 0.0201. The van der Waals surface area contributed by atoms with Gasteiger partial charge in [0.1, 0.15) is 11.6 Å². The first-order valence-corrected chi connectivity index (χ1v) is 11.6. The van der Waals surface area contributed by atoms with E-state index in [1.807, 2.05) is 0 Å². The Kier molecular flexibility index (Phi) is 7.51. The van der Waals surface area contributed by atoms with Gasteiger partial charge in [0, 0.05) is 18.7 Å². The van der Waals surface area contributed by atoms with Crippen LogP contribution in [-0.2, 0) is 21.0 Å². The highest BCUT2D eigenvalue weighted by molar-refractivity contribution is 7.89. The van der Waals surface area contributed by atoms with Crippen molar-refractivity contribution >= 4 is 16.0 Å². The summed E-state index contributed by atoms with van der Waals surface area (Å²) in [6, 6.07) is 12.3. The van der Waals surface area contributed by atoms with Gasteiger partial charge in [-0.3, -0.25) is 0 Å². The van der Waals surface area contributed by atoms with Crippen molar-refractivity contribution in [2.45, 2.75) is 24.0 Å². The van der Waals surface area contributed by atoms with Crippen molar-refractivity contribution in [1.82, 2.24) is 4.31 Å². The number of halogens is 4. The molecule has 0 aliphatic rings. The van der Waals surface area contributed by atoms with E-state index in [1.165, 1.54) is 37.4 Å². The van der Waals surface area contributed by atoms with Crippen molar-refractivity contribution < 1.29 is 40.6 Å². The highest BCUT2D eigenvalue weighted by atomic mass is 32.2. The molecule has 0 fully saturated rings. The molecule has 1 unspecified atom stereocenters. The number of benzene rings is 3. The summed E-state index contributed by atoms with van der Waals surface area (Å²) in [7, 11) is -2.71. The highest BCUT2D eigenvalue weighted by Crippen LogP contribution is 2.38. The zero-order valence-corrected chi connectivity index (χ0v) is 19.4. The minimum atomic E-state index is -4.60. The molecule has 0 radical (unpaired) electrons. The van der Waals surface area contributed by atoms with Crippen molar-refractivity contribution in [3.63, 3.8) is 0 Å². The summed E-state index contributed by atoms with van der Waals surface area (Å²) in [6.07, 6.45) is -4.60. The van der Waals surface area contributed by atoms with Crippen molar-refractivity contribution in [2.75, 3.05) is 13.7 Å². The lowest BCUT2D eigenvalue weighted by Gasteiger charge is -2.25. The molecule has 0 amide bonds. The fourth-order valence-corrected chi connectivity index (χ4v) is 4.70. The van der Waals surface area contributed by atoms with E-state index in [-0.39, 0.29) is 21.8 Å². The number of carbonyl (C=O) groups is 1. The van der Waals surface area contributed by atoms with Gasteiger partial charge in [-0.1, -0.05) is 18.2 Å². The van der Waals surface area contributed by atoms with E-state index < -0.39 is 46.2 Å². The Morgan fingerprint density at radius 3 is 2.31 bits per heavy atom. The zero-order valence-electron chi connectivity index (χ0n) is 18.6. The molecule has 3 aromatic carbocycles. The van der Waals surface area contributed by atoms with E-state index in [1.54, 1.807) is 6.92 Å². The third-order valence-electron chi connectivity index (χ3n) is 5.37. The number of hydrogen-bond donors (Lipinski definition) is 1. The van der Waals surface area contributed by atoms with Gasteiger partial charge in [0.15, 0.2) is 6.61 Å². The van der Waals surface area contributed by atoms with Crippen molar-refractivity contribution in [2.24, 2.45) is 0 Å². The first-order valence-electron chi connectivity index (χ1n) is 10.2. The molecule has 0 spiro atoms. The summed E-state index contributed by atoms with van der Waals surface area (Å²) in [5.74, 6) is -1.85. The zero-order chi connectivity index (χ0) is 26.0. The number of ether oxygens (including phenoxy) is 1. The lowest BCUT2D eigenvalue weighted by Crippen LogP contribution is -2.29. The van der Waals surface area contributed by atoms with Crippen LogP contribution < -0.4 is 4.74 Å². The Morgan fingerprint density at radius 1 is 1.06 bits per heavy atom. The average molecular weight is 511 g/mol. The molecule has 11 heteroatoms. The molecular formula is C24H21F4NO5S. The molecule has 186 valence electrons. The summed E-state index contributed by atoms with van der Waals surface area (Å²) in [4.78, 5) is 10.8. The van der Waals surface area contributed by atoms with E-state index in [4.69, 9.17) is 9.84 Å². The first-order chi connectivity index (χ1) is 16.3. The molecule has 0 aliphatic heterocycles. The van der Waals surface area contributed by atoms with Crippen LogP contribution in [0.4, 0.5) is 17.6 Å². The van der Waals surface area contributed by atoms with Crippen LogP contribution in [0.2, 0.25) is 0 Å². The Balaban J connectivity index is 2.05. The van der Waals surface area contributed by atoms with E-state index in [0.717, 1.165) is 40.7 Å². The van der Waals surface area contributed by atoms with E-state index in [9.17, 15) is 30.8 Å². The number of carboxylic acids is 1. The number of hydrogen-bond acceptors (Lipinski definition) is 4. The van der Waals surface area contributed by atoms with E-state index in [0.29, 0.717) is 5.56 Å². The third-order valence-corrected chi connectivity index (χ3v) is 7.32. The maximum Gasteiger partial charge on any atom is 0.416 e. The number of nitrogens with zero attached hydrogens (tertiary/aromatic N) is 1. The second kappa shape index (κ2) is 10.0. The lowest BCUT2D eigenvalue weighted by atomic mass is 9.97. The summed E-state index contributed by atoms with van der Waals surface area (Å²) in [5, 5.41) is 8.95. The third kappa shape index (κ3) is 5.98. The Morgan fingerprint density at radius 2 is 1.71 bits per heavy atom. The van der Waals surface area contributed by atoms with Gasteiger partial charge in [-0.05, 0) is 66.6 Å². The Hall–Kier alpha value is -3.44. The molecule has 0 saturated carbocycles. The fourth-order valence-electron chi connectivity index (χ4n) is 3.35. The largest absolute Gasteiger partial charge is 0.481 e. The Labute approximate surface area is 199 Å². The molecule has 1 N–H and O–H groups in total.